The molecule has 2 aliphatic heterocycles. The van der Waals surface area contributed by atoms with Gasteiger partial charge in [0, 0.05) is 19.1 Å². The zero-order chi connectivity index (χ0) is 19.6. The first kappa shape index (κ1) is 29.7. The predicted molar refractivity (Wildman–Crippen MR) is 136 cm³/mol. The van der Waals surface area contributed by atoms with E-state index in [0.29, 0.717) is 6.42 Å². The maximum absolute atomic E-state index is 12.7. The van der Waals surface area contributed by atoms with Crippen LogP contribution in [0, 0.1) is 11.3 Å². The van der Waals surface area contributed by atoms with Gasteiger partial charge in [0.25, 0.3) is 0 Å². The average molecular weight is 481 g/mol. The number of fused-ring (bicyclic) bond motifs is 3. The Morgan fingerprint density at radius 1 is 1.10 bits per heavy atom. The summed E-state index contributed by atoms with van der Waals surface area (Å²) in [6.45, 7) is 5.90. The van der Waals surface area contributed by atoms with Crippen LogP contribution >= 0.6 is 40.5 Å². The van der Waals surface area contributed by atoms with Gasteiger partial charge < -0.3 is 14.6 Å². The molecule has 8 heteroatoms. The second-order valence-electron chi connectivity index (χ2n) is 8.87. The number of hydrogen-bond donors (Lipinski definition) is 1. The van der Waals surface area contributed by atoms with E-state index in [0.717, 1.165) is 50.3 Å². The predicted octanol–water partition coefficient (Wildman–Crippen LogP) is 4.49. The molecule has 3 rings (SSSR count). The van der Waals surface area contributed by atoms with E-state index in [4.69, 9.17) is 9.47 Å². The number of methoxy groups -OCH3 is 2. The molecule has 0 saturated carbocycles. The average Bonchev–Trinajstić information content (AvgIpc) is 2.65. The Morgan fingerprint density at radius 3 is 2.33 bits per heavy atom. The Morgan fingerprint density at radius 2 is 1.73 bits per heavy atom. The fourth-order valence-electron chi connectivity index (χ4n) is 4.66. The van der Waals surface area contributed by atoms with Crippen molar-refractivity contribution in [1.82, 2.24) is 4.90 Å². The first-order chi connectivity index (χ1) is 12.9. The lowest BCUT2D eigenvalue weighted by Gasteiger charge is -2.46. The van der Waals surface area contributed by atoms with Crippen LogP contribution in [-0.4, -0.2) is 50.1 Å². The van der Waals surface area contributed by atoms with Crippen molar-refractivity contribution in [2.24, 2.45) is 11.3 Å². The van der Waals surface area contributed by atoms with Gasteiger partial charge in [-0.2, -0.15) is 40.5 Å². The minimum Gasteiger partial charge on any atom is -0.493 e. The molecule has 0 aromatic heterocycles. The van der Waals surface area contributed by atoms with Gasteiger partial charge in [-0.15, -0.1) is 0 Å². The number of halogens is 1. The van der Waals surface area contributed by atoms with Gasteiger partial charge in [-0.3, -0.25) is 9.29 Å². The van der Waals surface area contributed by atoms with E-state index < -0.39 is 0 Å². The Bertz CT molecular complexity index is 663. The molecule has 30 heavy (non-hydrogen) atoms. The fourth-order valence-corrected chi connectivity index (χ4v) is 4.66. The number of aliphatic hydroxyl groups is 1. The minimum absolute atomic E-state index is 0. The molecule has 0 radical (unpaired) electrons. The van der Waals surface area contributed by atoms with Crippen molar-refractivity contribution in [3.05, 3.63) is 23.3 Å². The van der Waals surface area contributed by atoms with Gasteiger partial charge in [0.15, 0.2) is 11.5 Å². The van der Waals surface area contributed by atoms with Crippen LogP contribution in [0.1, 0.15) is 56.7 Å². The zero-order valence-corrected chi connectivity index (χ0v) is 21.6. The van der Waals surface area contributed by atoms with Crippen molar-refractivity contribution >= 4 is 40.5 Å². The molecule has 1 N–H and O–H groups in total. The second-order valence-corrected chi connectivity index (χ2v) is 8.87. The molecule has 2 heterocycles. The lowest BCUT2D eigenvalue weighted by Crippen LogP contribution is -2.48. The quantitative estimate of drug-likeness (QED) is 0.624. The standard InChI is InChI=1S/C22H34FNO3.3H2S/c1-22(2,8-9-23)7-5-16-14-24-10-6-15-11-20(26-3)21(27-4)12-17(15)18(24)13-19(16)25;;;/h11-12,16,18-19,25H,5-10,13-14H2,1-4H3;3*1H2/t16-,18-,19-;;;/m0.../s1/i23-1;;;. The Kier molecular flexibility index (Phi) is 12.6. The van der Waals surface area contributed by atoms with Crippen LogP contribution in [0.25, 0.3) is 0 Å². The molecule has 0 bridgehead atoms. The smallest absolute Gasteiger partial charge is 0.161 e. The maximum atomic E-state index is 12.7. The van der Waals surface area contributed by atoms with Gasteiger partial charge in [0.05, 0.1) is 27.0 Å². The third-order valence-corrected chi connectivity index (χ3v) is 6.55. The topological polar surface area (TPSA) is 41.9 Å². The summed E-state index contributed by atoms with van der Waals surface area (Å²) in [6, 6.07) is 4.41. The van der Waals surface area contributed by atoms with Crippen molar-refractivity contribution in [3.8, 4) is 11.5 Å². The number of piperidine rings is 1. The van der Waals surface area contributed by atoms with Crippen LogP contribution in [0.15, 0.2) is 12.1 Å². The number of benzene rings is 1. The zero-order valence-electron chi connectivity index (χ0n) is 18.6. The molecule has 1 fully saturated rings. The van der Waals surface area contributed by atoms with E-state index >= 15 is 0 Å². The number of nitrogens with zero attached hydrogens (tertiary/aromatic N) is 1. The van der Waals surface area contributed by atoms with Crippen LogP contribution in [0.3, 0.4) is 0 Å². The first-order valence-corrected chi connectivity index (χ1v) is 10.1. The SMILES string of the molecule is COc1cc2c(cc1OC)[C@@H]1C[C@H](O)[C@@H](CCC(C)(C)CC[18F])CN1CC2.S.S.S. The summed E-state index contributed by atoms with van der Waals surface area (Å²) in [4.78, 5) is 2.51. The summed E-state index contributed by atoms with van der Waals surface area (Å²) in [5.74, 6) is 1.79. The largest absolute Gasteiger partial charge is 0.493 e. The van der Waals surface area contributed by atoms with Crippen LogP contribution < -0.4 is 9.47 Å². The first-order valence-electron chi connectivity index (χ1n) is 10.1. The van der Waals surface area contributed by atoms with Gasteiger partial charge in [0.2, 0.25) is 0 Å². The van der Waals surface area contributed by atoms with Crippen molar-refractivity contribution in [2.45, 2.75) is 58.1 Å². The van der Waals surface area contributed by atoms with E-state index in [1.165, 1.54) is 11.1 Å². The van der Waals surface area contributed by atoms with Gasteiger partial charge in [-0.1, -0.05) is 13.8 Å². The number of alkyl halides is 1. The summed E-state index contributed by atoms with van der Waals surface area (Å²) in [7, 11) is 3.33. The number of rotatable bonds is 7. The third kappa shape index (κ3) is 6.61. The summed E-state index contributed by atoms with van der Waals surface area (Å²) >= 11 is 0. The normalized spacial score (nSPS) is 23.1. The molecular weight excluding hydrogens is 440 g/mol. The molecular formula is C22H40FNO3S3. The van der Waals surface area contributed by atoms with E-state index in [1.54, 1.807) is 14.2 Å². The van der Waals surface area contributed by atoms with Crippen LogP contribution in [0.5, 0.6) is 11.5 Å². The summed E-state index contributed by atoms with van der Waals surface area (Å²) in [5.41, 5.74) is 2.56. The summed E-state index contributed by atoms with van der Waals surface area (Å²) in [6.07, 6.45) is 3.93. The van der Waals surface area contributed by atoms with Crippen molar-refractivity contribution in [1.29, 1.82) is 0 Å². The Hall–Kier alpha value is -0.280. The van der Waals surface area contributed by atoms with Crippen molar-refractivity contribution in [3.63, 3.8) is 0 Å². The summed E-state index contributed by atoms with van der Waals surface area (Å²) < 4.78 is 23.7. The van der Waals surface area contributed by atoms with Crippen molar-refractivity contribution < 1.29 is 19.0 Å². The molecule has 4 nitrogen and oxygen atoms in total. The molecule has 0 amide bonds. The van der Waals surface area contributed by atoms with Crippen LogP contribution in [0.4, 0.5) is 4.39 Å². The molecule has 1 aromatic rings. The third-order valence-electron chi connectivity index (χ3n) is 6.55. The van der Waals surface area contributed by atoms with Crippen LogP contribution in [0.2, 0.25) is 0 Å². The lowest BCUT2D eigenvalue weighted by molar-refractivity contribution is -0.0191. The highest BCUT2D eigenvalue weighted by Crippen LogP contribution is 2.44. The molecule has 1 saturated heterocycles. The molecule has 176 valence electrons. The van der Waals surface area contributed by atoms with Crippen molar-refractivity contribution in [2.75, 3.05) is 34.0 Å². The Labute approximate surface area is 202 Å². The molecule has 0 aliphatic carbocycles. The maximum Gasteiger partial charge on any atom is 0.161 e. The highest BCUT2D eigenvalue weighted by atomic mass is 32.1. The molecule has 0 unspecified atom stereocenters. The minimum atomic E-state index is -0.313. The van der Waals surface area contributed by atoms with E-state index in [1.807, 2.05) is 0 Å². The van der Waals surface area contributed by atoms with Gasteiger partial charge in [-0.05, 0) is 66.7 Å². The van der Waals surface area contributed by atoms with E-state index in [2.05, 4.69) is 30.9 Å². The number of ether oxygens (including phenoxy) is 2. The van der Waals surface area contributed by atoms with Gasteiger partial charge in [0.1, 0.15) is 0 Å². The van der Waals surface area contributed by atoms with Gasteiger partial charge >= 0.3 is 0 Å². The molecule has 0 spiro atoms. The number of aliphatic hydroxyl groups excluding tert-OH is 1. The summed E-state index contributed by atoms with van der Waals surface area (Å²) in [5, 5.41) is 10.8. The van der Waals surface area contributed by atoms with Gasteiger partial charge in [-0.25, -0.2) is 0 Å². The molecule has 2 aliphatic rings. The monoisotopic (exact) mass is 480 g/mol. The van der Waals surface area contributed by atoms with E-state index in [-0.39, 0.29) is 70.6 Å². The number of hydrogen-bond acceptors (Lipinski definition) is 4. The highest BCUT2D eigenvalue weighted by Gasteiger charge is 2.39. The second kappa shape index (κ2) is 12.7. The molecule has 1 aromatic carbocycles. The van der Waals surface area contributed by atoms with Crippen LogP contribution in [-0.2, 0) is 6.42 Å². The highest BCUT2D eigenvalue weighted by molar-refractivity contribution is 7.59. The Balaban J connectivity index is 0.00000280. The fraction of sp³-hybridized carbons (Fsp3) is 0.727. The lowest BCUT2D eigenvalue weighted by atomic mass is 9.76. The van der Waals surface area contributed by atoms with E-state index in [9.17, 15) is 9.50 Å². The molecule has 3 atom stereocenters.